The van der Waals surface area contributed by atoms with E-state index in [1.54, 1.807) is 0 Å². The number of piperazine rings is 1. The van der Waals surface area contributed by atoms with Crippen LogP contribution < -0.4 is 15.5 Å². The summed E-state index contributed by atoms with van der Waals surface area (Å²) in [4.78, 5) is 14.2. The Bertz CT molecular complexity index is 597. The quantitative estimate of drug-likeness (QED) is 0.574. The molecule has 1 aromatic heterocycles. The SMILES string of the molecule is CCNC(=NCc1ccc(N2CCN(C)CC2)nc1)NC1CCC(SC)C1. The van der Waals surface area contributed by atoms with Gasteiger partial charge in [0.1, 0.15) is 5.82 Å². The van der Waals surface area contributed by atoms with E-state index < -0.39 is 0 Å². The van der Waals surface area contributed by atoms with Crippen LogP contribution >= 0.6 is 11.8 Å². The first kappa shape index (κ1) is 20.3. The Balaban J connectivity index is 1.54. The van der Waals surface area contributed by atoms with Crippen LogP contribution in [0.25, 0.3) is 0 Å². The van der Waals surface area contributed by atoms with E-state index in [0.717, 1.165) is 55.3 Å². The molecule has 27 heavy (non-hydrogen) atoms. The highest BCUT2D eigenvalue weighted by molar-refractivity contribution is 7.99. The van der Waals surface area contributed by atoms with E-state index in [4.69, 9.17) is 4.99 Å². The first-order valence-electron chi connectivity index (χ1n) is 10.1. The molecular weight excluding hydrogens is 356 g/mol. The van der Waals surface area contributed by atoms with Crippen molar-refractivity contribution in [2.45, 2.75) is 44.0 Å². The molecule has 1 aliphatic heterocycles. The largest absolute Gasteiger partial charge is 0.357 e. The van der Waals surface area contributed by atoms with Gasteiger partial charge in [-0.15, -0.1) is 0 Å². The third kappa shape index (κ3) is 6.01. The molecule has 2 N–H and O–H groups in total. The van der Waals surface area contributed by atoms with Gasteiger partial charge in [-0.3, -0.25) is 0 Å². The summed E-state index contributed by atoms with van der Waals surface area (Å²) < 4.78 is 0. The van der Waals surface area contributed by atoms with Crippen LogP contribution in [0.3, 0.4) is 0 Å². The Morgan fingerprint density at radius 3 is 2.70 bits per heavy atom. The molecular formula is C20H34N6S. The molecule has 2 atom stereocenters. The standard InChI is InChI=1S/C20H34N6S/c1-4-21-20(24-17-6-7-18(13-17)27-3)23-15-16-5-8-19(22-14-16)26-11-9-25(2)10-12-26/h5,8,14,17-18H,4,6-7,9-13,15H2,1-3H3,(H2,21,23,24). The minimum absolute atomic E-state index is 0.540. The number of nitrogens with one attached hydrogen (secondary N) is 2. The fourth-order valence-electron chi connectivity index (χ4n) is 3.70. The van der Waals surface area contributed by atoms with E-state index in [2.05, 4.69) is 57.8 Å². The second-order valence-corrected chi connectivity index (χ2v) is 8.66. The molecule has 1 aromatic rings. The molecule has 0 radical (unpaired) electrons. The Morgan fingerprint density at radius 1 is 1.26 bits per heavy atom. The van der Waals surface area contributed by atoms with Crippen LogP contribution in [0.4, 0.5) is 5.82 Å². The van der Waals surface area contributed by atoms with Gasteiger partial charge in [0, 0.05) is 50.2 Å². The smallest absolute Gasteiger partial charge is 0.191 e. The maximum absolute atomic E-state index is 4.78. The lowest BCUT2D eigenvalue weighted by molar-refractivity contribution is 0.312. The Morgan fingerprint density at radius 2 is 2.07 bits per heavy atom. The number of nitrogens with zero attached hydrogens (tertiary/aromatic N) is 4. The average molecular weight is 391 g/mol. The number of rotatable bonds is 6. The van der Waals surface area contributed by atoms with E-state index in [9.17, 15) is 0 Å². The molecule has 2 fully saturated rings. The summed E-state index contributed by atoms with van der Waals surface area (Å²) in [6.45, 7) is 7.95. The number of guanidine groups is 1. The summed E-state index contributed by atoms with van der Waals surface area (Å²) in [5.74, 6) is 2.00. The average Bonchev–Trinajstić information content (AvgIpc) is 3.15. The summed E-state index contributed by atoms with van der Waals surface area (Å²) >= 11 is 1.98. The Kier molecular flexibility index (Phi) is 7.64. The van der Waals surface area contributed by atoms with Gasteiger partial charge in [-0.25, -0.2) is 9.98 Å². The zero-order valence-corrected chi connectivity index (χ0v) is 17.8. The van der Waals surface area contributed by atoms with Crippen LogP contribution in [0, 0.1) is 0 Å². The zero-order valence-electron chi connectivity index (χ0n) is 16.9. The number of pyridine rings is 1. The Labute approximate surface area is 168 Å². The first-order chi connectivity index (χ1) is 13.2. The lowest BCUT2D eigenvalue weighted by Gasteiger charge is -2.33. The van der Waals surface area contributed by atoms with Gasteiger partial charge >= 0.3 is 0 Å². The van der Waals surface area contributed by atoms with Gasteiger partial charge < -0.3 is 20.4 Å². The highest BCUT2D eigenvalue weighted by Gasteiger charge is 2.24. The molecule has 1 saturated heterocycles. The highest BCUT2D eigenvalue weighted by atomic mass is 32.2. The molecule has 6 nitrogen and oxygen atoms in total. The second kappa shape index (κ2) is 10.2. The molecule has 0 bridgehead atoms. The van der Waals surface area contributed by atoms with Gasteiger partial charge in [-0.1, -0.05) is 6.07 Å². The van der Waals surface area contributed by atoms with Gasteiger partial charge in [0.2, 0.25) is 0 Å². The summed E-state index contributed by atoms with van der Waals surface area (Å²) in [7, 11) is 2.18. The lowest BCUT2D eigenvalue weighted by atomic mass is 10.2. The number of hydrogen-bond acceptors (Lipinski definition) is 5. The van der Waals surface area contributed by atoms with Crippen molar-refractivity contribution in [3.05, 3.63) is 23.9 Å². The number of thioether (sulfide) groups is 1. The maximum atomic E-state index is 4.78. The van der Waals surface area contributed by atoms with Gasteiger partial charge in [0.25, 0.3) is 0 Å². The van der Waals surface area contributed by atoms with E-state index >= 15 is 0 Å². The van der Waals surface area contributed by atoms with E-state index in [0.29, 0.717) is 12.6 Å². The number of hydrogen-bond donors (Lipinski definition) is 2. The molecule has 1 aliphatic carbocycles. The van der Waals surface area contributed by atoms with Gasteiger partial charge in [0.15, 0.2) is 5.96 Å². The van der Waals surface area contributed by atoms with Crippen molar-refractivity contribution < 1.29 is 0 Å². The van der Waals surface area contributed by atoms with Crippen molar-refractivity contribution in [1.82, 2.24) is 20.5 Å². The van der Waals surface area contributed by atoms with E-state index in [1.807, 2.05) is 18.0 Å². The van der Waals surface area contributed by atoms with Gasteiger partial charge in [-0.2, -0.15) is 11.8 Å². The Hall–Kier alpha value is -1.47. The second-order valence-electron chi connectivity index (χ2n) is 7.52. The van der Waals surface area contributed by atoms with E-state index in [1.165, 1.54) is 19.3 Å². The normalized spacial score (nSPS) is 24.3. The van der Waals surface area contributed by atoms with Crippen LogP contribution in [0.15, 0.2) is 23.3 Å². The van der Waals surface area contributed by atoms with Crippen molar-refractivity contribution in [3.8, 4) is 0 Å². The molecule has 0 amide bonds. The van der Waals surface area contributed by atoms with Crippen LogP contribution in [-0.4, -0.2) is 73.2 Å². The zero-order chi connectivity index (χ0) is 19.1. The number of aromatic nitrogens is 1. The molecule has 2 unspecified atom stereocenters. The van der Waals surface area contributed by atoms with Gasteiger partial charge in [-0.05, 0) is 51.1 Å². The predicted molar refractivity (Wildman–Crippen MR) is 117 cm³/mol. The molecule has 2 aliphatic rings. The predicted octanol–water partition coefficient (Wildman–Crippen LogP) is 2.17. The van der Waals surface area contributed by atoms with Crippen molar-refractivity contribution in [2.75, 3.05) is 50.9 Å². The third-order valence-corrected chi connectivity index (χ3v) is 6.55. The molecule has 0 spiro atoms. The van der Waals surface area contributed by atoms with Crippen LogP contribution in [0.5, 0.6) is 0 Å². The van der Waals surface area contributed by atoms with Crippen LogP contribution in [0.2, 0.25) is 0 Å². The fourth-order valence-corrected chi connectivity index (χ4v) is 4.50. The van der Waals surface area contributed by atoms with Crippen molar-refractivity contribution in [3.63, 3.8) is 0 Å². The monoisotopic (exact) mass is 390 g/mol. The molecule has 7 heteroatoms. The number of aliphatic imine (C=N–C) groups is 1. The fraction of sp³-hybridized carbons (Fsp3) is 0.700. The molecule has 150 valence electrons. The number of likely N-dealkylation sites (N-methyl/N-ethyl adjacent to an activating group) is 1. The minimum Gasteiger partial charge on any atom is -0.357 e. The third-order valence-electron chi connectivity index (χ3n) is 5.46. The maximum Gasteiger partial charge on any atom is 0.191 e. The lowest BCUT2D eigenvalue weighted by Crippen LogP contribution is -2.44. The number of anilines is 1. The van der Waals surface area contributed by atoms with E-state index in [-0.39, 0.29) is 0 Å². The first-order valence-corrected chi connectivity index (χ1v) is 11.4. The summed E-state index contributed by atoms with van der Waals surface area (Å²) in [5.41, 5.74) is 1.15. The summed E-state index contributed by atoms with van der Waals surface area (Å²) in [5, 5.41) is 7.78. The van der Waals surface area contributed by atoms with Crippen molar-refractivity contribution in [2.24, 2.45) is 4.99 Å². The van der Waals surface area contributed by atoms with Gasteiger partial charge in [0.05, 0.1) is 6.54 Å². The molecule has 1 saturated carbocycles. The molecule has 2 heterocycles. The summed E-state index contributed by atoms with van der Waals surface area (Å²) in [6.07, 6.45) is 7.95. The van der Waals surface area contributed by atoms with Crippen LogP contribution in [0.1, 0.15) is 31.7 Å². The highest BCUT2D eigenvalue weighted by Crippen LogP contribution is 2.28. The summed E-state index contributed by atoms with van der Waals surface area (Å²) in [6, 6.07) is 4.84. The van der Waals surface area contributed by atoms with Crippen molar-refractivity contribution >= 4 is 23.5 Å². The van der Waals surface area contributed by atoms with Crippen LogP contribution in [-0.2, 0) is 6.54 Å². The molecule has 3 rings (SSSR count). The topological polar surface area (TPSA) is 55.8 Å². The van der Waals surface area contributed by atoms with Crippen molar-refractivity contribution in [1.29, 1.82) is 0 Å². The minimum atomic E-state index is 0.540. The molecule has 0 aromatic carbocycles.